The molecule has 0 saturated carbocycles. The number of hydrogen-bond donors (Lipinski definition) is 1. The van der Waals surface area contributed by atoms with E-state index in [2.05, 4.69) is 22.4 Å². The number of benzene rings is 1. The summed E-state index contributed by atoms with van der Waals surface area (Å²) >= 11 is 0. The molecule has 1 aliphatic heterocycles. The van der Waals surface area contributed by atoms with Crippen LogP contribution in [0.2, 0.25) is 0 Å². The predicted molar refractivity (Wildman–Crippen MR) is 102 cm³/mol. The van der Waals surface area contributed by atoms with Gasteiger partial charge in [-0.3, -0.25) is 9.69 Å². The third-order valence-electron chi connectivity index (χ3n) is 4.64. The molecule has 2 N–H and O–H groups in total. The van der Waals surface area contributed by atoms with Crippen molar-refractivity contribution in [1.82, 2.24) is 4.90 Å². The van der Waals surface area contributed by atoms with Gasteiger partial charge in [0.1, 0.15) is 5.58 Å². The quantitative estimate of drug-likeness (QED) is 0.639. The van der Waals surface area contributed by atoms with Gasteiger partial charge >= 0.3 is 0 Å². The van der Waals surface area contributed by atoms with Gasteiger partial charge < -0.3 is 15.1 Å². The van der Waals surface area contributed by atoms with Crippen LogP contribution in [-0.4, -0.2) is 43.5 Å². The Labute approximate surface area is 152 Å². The minimum Gasteiger partial charge on any atom is -0.451 e. The van der Waals surface area contributed by atoms with Crippen molar-refractivity contribution in [3.05, 3.63) is 54.3 Å². The molecule has 0 radical (unpaired) electrons. The molecule has 6 nitrogen and oxygen atoms in total. The van der Waals surface area contributed by atoms with Crippen molar-refractivity contribution in [3.8, 4) is 6.07 Å². The molecule has 3 rings (SSSR count). The van der Waals surface area contributed by atoms with Gasteiger partial charge in [-0.25, -0.2) is 0 Å². The van der Waals surface area contributed by atoms with E-state index in [9.17, 15) is 4.79 Å². The van der Waals surface area contributed by atoms with E-state index in [1.165, 1.54) is 0 Å². The largest absolute Gasteiger partial charge is 0.451 e. The predicted octanol–water partition coefficient (Wildman–Crippen LogP) is 2.68. The number of carbonyl (C=O) groups is 1. The molecule has 2 aromatic rings. The minimum absolute atomic E-state index is 0.186. The molecule has 26 heavy (non-hydrogen) atoms. The van der Waals surface area contributed by atoms with Crippen molar-refractivity contribution < 1.29 is 9.21 Å². The Balaban J connectivity index is 1.58. The van der Waals surface area contributed by atoms with Crippen molar-refractivity contribution in [2.45, 2.75) is 6.42 Å². The van der Waals surface area contributed by atoms with Gasteiger partial charge in [0.25, 0.3) is 5.91 Å². The molecule has 1 fully saturated rings. The lowest BCUT2D eigenvalue weighted by atomic mass is 10.2. The first-order valence-corrected chi connectivity index (χ1v) is 8.64. The summed E-state index contributed by atoms with van der Waals surface area (Å²) in [6, 6.07) is 9.74. The minimum atomic E-state index is -0.554. The van der Waals surface area contributed by atoms with Crippen molar-refractivity contribution in [3.63, 3.8) is 0 Å². The number of anilines is 1. The van der Waals surface area contributed by atoms with E-state index < -0.39 is 5.91 Å². The summed E-state index contributed by atoms with van der Waals surface area (Å²) in [5.41, 5.74) is 7.69. The normalized spacial score (nSPS) is 15.8. The monoisotopic (exact) mass is 350 g/mol. The smallest absolute Gasteiger partial charge is 0.284 e. The van der Waals surface area contributed by atoms with Crippen LogP contribution < -0.4 is 10.6 Å². The van der Waals surface area contributed by atoms with Gasteiger partial charge in [-0.15, -0.1) is 0 Å². The molecule has 6 heteroatoms. The van der Waals surface area contributed by atoms with E-state index in [4.69, 9.17) is 15.4 Å². The first-order chi connectivity index (χ1) is 12.6. The first kappa shape index (κ1) is 17.8. The topological polar surface area (TPSA) is 86.5 Å². The van der Waals surface area contributed by atoms with Gasteiger partial charge in [0.05, 0.1) is 6.07 Å². The second-order valence-corrected chi connectivity index (χ2v) is 6.29. The molecular weight excluding hydrogens is 328 g/mol. The molecular formula is C20H22N4O2. The fourth-order valence-corrected chi connectivity index (χ4v) is 3.16. The molecule has 1 aromatic heterocycles. The SMILES string of the molecule is C=C/C(C#N)=C\CCN1CCN(c2ccc3oc(C(N)=O)cc3c2)CC1. The van der Waals surface area contributed by atoms with Gasteiger partial charge in [-0.1, -0.05) is 18.7 Å². The second-order valence-electron chi connectivity index (χ2n) is 6.29. The molecule has 1 saturated heterocycles. The Morgan fingerprint density at radius 3 is 2.73 bits per heavy atom. The second kappa shape index (κ2) is 7.89. The summed E-state index contributed by atoms with van der Waals surface area (Å²) in [7, 11) is 0. The average molecular weight is 350 g/mol. The number of nitrogens with zero attached hydrogens (tertiary/aromatic N) is 3. The highest BCUT2D eigenvalue weighted by Gasteiger charge is 2.18. The Morgan fingerprint density at radius 1 is 1.31 bits per heavy atom. The summed E-state index contributed by atoms with van der Waals surface area (Å²) in [5, 5.41) is 9.78. The fraction of sp³-hybridized carbons (Fsp3) is 0.300. The zero-order valence-electron chi connectivity index (χ0n) is 14.6. The van der Waals surface area contributed by atoms with Gasteiger partial charge in [-0.05, 0) is 30.7 Å². The molecule has 0 unspecified atom stereocenters. The maximum atomic E-state index is 11.2. The van der Waals surface area contributed by atoms with Crippen molar-refractivity contribution >= 4 is 22.6 Å². The van der Waals surface area contributed by atoms with Crippen LogP contribution in [0.5, 0.6) is 0 Å². The van der Waals surface area contributed by atoms with Crippen LogP contribution in [0.25, 0.3) is 11.0 Å². The number of amides is 1. The fourth-order valence-electron chi connectivity index (χ4n) is 3.16. The lowest BCUT2D eigenvalue weighted by Gasteiger charge is -2.36. The lowest BCUT2D eigenvalue weighted by Crippen LogP contribution is -2.46. The molecule has 0 aliphatic carbocycles. The number of nitrogens with two attached hydrogens (primary N) is 1. The van der Waals surface area contributed by atoms with Crippen molar-refractivity contribution in [2.75, 3.05) is 37.6 Å². The van der Waals surface area contributed by atoms with E-state index in [1.807, 2.05) is 24.3 Å². The molecule has 2 heterocycles. The van der Waals surface area contributed by atoms with Gasteiger partial charge in [0.2, 0.25) is 0 Å². The number of piperazine rings is 1. The lowest BCUT2D eigenvalue weighted by molar-refractivity contribution is 0.0976. The average Bonchev–Trinajstić information content (AvgIpc) is 3.09. The van der Waals surface area contributed by atoms with E-state index in [0.717, 1.165) is 50.2 Å². The van der Waals surface area contributed by atoms with Crippen LogP contribution >= 0.6 is 0 Å². The molecule has 0 bridgehead atoms. The van der Waals surface area contributed by atoms with E-state index >= 15 is 0 Å². The van der Waals surface area contributed by atoms with Gasteiger partial charge in [-0.2, -0.15) is 5.26 Å². The van der Waals surface area contributed by atoms with Crippen LogP contribution in [-0.2, 0) is 0 Å². The van der Waals surface area contributed by atoms with E-state index in [-0.39, 0.29) is 5.76 Å². The highest BCUT2D eigenvalue weighted by atomic mass is 16.3. The number of carbonyl (C=O) groups excluding carboxylic acids is 1. The standard InChI is InChI=1S/C20H22N4O2/c1-2-15(14-21)4-3-7-23-8-10-24(11-9-23)17-5-6-18-16(12-17)13-19(26-18)20(22)25/h2,4-6,12-13H,1,3,7-11H2,(H2,22,25)/b15-4+. The molecule has 134 valence electrons. The molecule has 1 aromatic carbocycles. The summed E-state index contributed by atoms with van der Waals surface area (Å²) in [5.74, 6) is -0.368. The number of furan rings is 1. The number of allylic oxidation sites excluding steroid dienone is 2. The molecule has 0 atom stereocenters. The van der Waals surface area contributed by atoms with E-state index in [1.54, 1.807) is 12.1 Å². The number of fused-ring (bicyclic) bond motifs is 1. The first-order valence-electron chi connectivity index (χ1n) is 8.64. The summed E-state index contributed by atoms with van der Waals surface area (Å²) in [6.07, 6.45) is 4.38. The van der Waals surface area contributed by atoms with E-state index in [0.29, 0.717) is 11.2 Å². The number of hydrogen-bond acceptors (Lipinski definition) is 5. The summed E-state index contributed by atoms with van der Waals surface area (Å²) < 4.78 is 5.43. The van der Waals surface area contributed by atoms with Gasteiger partial charge in [0.15, 0.2) is 5.76 Å². The van der Waals surface area contributed by atoms with Crippen LogP contribution in [0.3, 0.4) is 0 Å². The van der Waals surface area contributed by atoms with Crippen LogP contribution in [0, 0.1) is 11.3 Å². The highest BCUT2D eigenvalue weighted by molar-refractivity contribution is 5.95. The Morgan fingerprint density at radius 2 is 2.08 bits per heavy atom. The third kappa shape index (κ3) is 3.95. The highest BCUT2D eigenvalue weighted by Crippen LogP contribution is 2.26. The zero-order chi connectivity index (χ0) is 18.5. The molecule has 0 spiro atoms. The summed E-state index contributed by atoms with van der Waals surface area (Å²) in [6.45, 7) is 8.38. The van der Waals surface area contributed by atoms with Crippen molar-refractivity contribution in [1.29, 1.82) is 5.26 Å². The maximum absolute atomic E-state index is 11.2. The number of primary amides is 1. The molecule has 1 amide bonds. The number of rotatable bonds is 6. The summed E-state index contributed by atoms with van der Waals surface area (Å²) in [4.78, 5) is 16.0. The van der Waals surface area contributed by atoms with Crippen LogP contribution in [0.4, 0.5) is 5.69 Å². The molecule has 1 aliphatic rings. The maximum Gasteiger partial charge on any atom is 0.284 e. The van der Waals surface area contributed by atoms with Crippen molar-refractivity contribution in [2.24, 2.45) is 5.73 Å². The zero-order valence-corrected chi connectivity index (χ0v) is 14.6. The Hall–Kier alpha value is -3.04. The number of nitriles is 1. The third-order valence-corrected chi connectivity index (χ3v) is 4.64. The Bertz CT molecular complexity index is 883. The van der Waals surface area contributed by atoms with Crippen LogP contribution in [0.1, 0.15) is 17.0 Å². The Kier molecular flexibility index (Phi) is 5.40. The van der Waals surface area contributed by atoms with Gasteiger partial charge in [0, 0.05) is 49.4 Å². The van der Waals surface area contributed by atoms with Crippen LogP contribution in [0.15, 0.2) is 53.0 Å².